The van der Waals surface area contributed by atoms with E-state index in [0.29, 0.717) is 0 Å². The quantitative estimate of drug-likeness (QED) is 0.629. The van der Waals surface area contributed by atoms with Crippen LogP contribution in [-0.4, -0.2) is 12.9 Å². The van der Waals surface area contributed by atoms with Crippen molar-refractivity contribution in [1.82, 2.24) is 0 Å². The first-order valence-electron chi connectivity index (χ1n) is 6.20. The Morgan fingerprint density at radius 1 is 1.05 bits per heavy atom. The highest BCUT2D eigenvalue weighted by Crippen LogP contribution is 2.41. The van der Waals surface area contributed by atoms with E-state index in [1.807, 2.05) is 0 Å². The normalized spacial score (nSPS) is 16.9. The Hall–Kier alpha value is -1.13. The second-order valence-electron chi connectivity index (χ2n) is 4.59. The molecule has 0 radical (unpaired) electrons. The van der Waals surface area contributed by atoms with Crippen LogP contribution in [0.5, 0.6) is 0 Å². The SMILES string of the molecule is CCC(F)(c1ccccc1)C(CF)CCC(F)(F)F. The van der Waals surface area contributed by atoms with Gasteiger partial charge in [0.2, 0.25) is 0 Å². The van der Waals surface area contributed by atoms with Crippen LogP contribution in [0.15, 0.2) is 30.3 Å². The van der Waals surface area contributed by atoms with Gasteiger partial charge in [0.1, 0.15) is 5.67 Å². The summed E-state index contributed by atoms with van der Waals surface area (Å²) in [6.07, 6.45) is -6.15. The van der Waals surface area contributed by atoms with Crippen LogP contribution in [0.2, 0.25) is 0 Å². The summed E-state index contributed by atoms with van der Waals surface area (Å²) in [5.74, 6) is -1.28. The Labute approximate surface area is 109 Å². The van der Waals surface area contributed by atoms with Gasteiger partial charge in [-0.15, -0.1) is 0 Å². The molecule has 19 heavy (non-hydrogen) atoms. The lowest BCUT2D eigenvalue weighted by Crippen LogP contribution is -2.32. The van der Waals surface area contributed by atoms with Crippen molar-refractivity contribution < 1.29 is 22.0 Å². The molecule has 0 heterocycles. The number of rotatable bonds is 6. The zero-order chi connectivity index (χ0) is 14.5. The zero-order valence-electron chi connectivity index (χ0n) is 10.7. The van der Waals surface area contributed by atoms with Gasteiger partial charge in [0, 0.05) is 12.3 Å². The van der Waals surface area contributed by atoms with Crippen LogP contribution in [0.25, 0.3) is 0 Å². The summed E-state index contributed by atoms with van der Waals surface area (Å²) in [5, 5.41) is 0. The lowest BCUT2D eigenvalue weighted by Gasteiger charge is -2.32. The highest BCUT2D eigenvalue weighted by atomic mass is 19.4. The van der Waals surface area contributed by atoms with Gasteiger partial charge in [-0.05, 0) is 18.4 Å². The van der Waals surface area contributed by atoms with Crippen LogP contribution in [0.3, 0.4) is 0 Å². The summed E-state index contributed by atoms with van der Waals surface area (Å²) < 4.78 is 64.5. The molecule has 2 unspecified atom stereocenters. The molecule has 0 N–H and O–H groups in total. The van der Waals surface area contributed by atoms with Crippen molar-refractivity contribution in [2.75, 3.05) is 6.67 Å². The molecule has 0 amide bonds. The van der Waals surface area contributed by atoms with Gasteiger partial charge < -0.3 is 0 Å². The summed E-state index contributed by atoms with van der Waals surface area (Å²) in [4.78, 5) is 0. The van der Waals surface area contributed by atoms with Gasteiger partial charge in [0.25, 0.3) is 0 Å². The Kier molecular flexibility index (Phi) is 5.32. The van der Waals surface area contributed by atoms with E-state index in [-0.39, 0.29) is 12.0 Å². The second-order valence-corrected chi connectivity index (χ2v) is 4.59. The van der Waals surface area contributed by atoms with Crippen LogP contribution in [0.4, 0.5) is 22.0 Å². The van der Waals surface area contributed by atoms with Gasteiger partial charge in [-0.2, -0.15) is 13.2 Å². The van der Waals surface area contributed by atoms with E-state index >= 15 is 0 Å². The maximum atomic E-state index is 14.9. The summed E-state index contributed by atoms with van der Waals surface area (Å²) in [6.45, 7) is 0.415. The van der Waals surface area contributed by atoms with Gasteiger partial charge >= 0.3 is 6.18 Å². The zero-order valence-corrected chi connectivity index (χ0v) is 10.7. The van der Waals surface area contributed by atoms with Gasteiger partial charge in [0.15, 0.2) is 0 Å². The van der Waals surface area contributed by atoms with Gasteiger partial charge in [-0.1, -0.05) is 37.3 Å². The van der Waals surface area contributed by atoms with Crippen molar-refractivity contribution in [2.24, 2.45) is 5.92 Å². The van der Waals surface area contributed by atoms with Crippen LogP contribution < -0.4 is 0 Å². The average Bonchev–Trinajstić information content (AvgIpc) is 2.38. The molecule has 0 aliphatic carbocycles. The highest BCUT2D eigenvalue weighted by molar-refractivity contribution is 5.23. The topological polar surface area (TPSA) is 0 Å². The first kappa shape index (κ1) is 15.9. The van der Waals surface area contributed by atoms with E-state index in [9.17, 15) is 22.0 Å². The number of halogens is 5. The molecule has 1 aromatic rings. The molecule has 0 aromatic heterocycles. The molecule has 108 valence electrons. The van der Waals surface area contributed by atoms with E-state index < -0.39 is 37.3 Å². The van der Waals surface area contributed by atoms with Crippen LogP contribution in [0, 0.1) is 5.92 Å². The van der Waals surface area contributed by atoms with Crippen molar-refractivity contribution in [3.8, 4) is 0 Å². The molecular weight excluding hydrogens is 263 g/mol. The number of hydrogen-bond acceptors (Lipinski definition) is 0. The van der Waals surface area contributed by atoms with Crippen molar-refractivity contribution in [3.63, 3.8) is 0 Å². The van der Waals surface area contributed by atoms with E-state index in [4.69, 9.17) is 0 Å². The van der Waals surface area contributed by atoms with Crippen LogP contribution in [-0.2, 0) is 5.67 Å². The Bertz CT molecular complexity index is 373. The standard InChI is InChI=1S/C14H17F5/c1-2-13(16,11-6-4-3-5-7-11)12(10-15)8-9-14(17,18)19/h3-7,12H,2,8-10H2,1H3. The average molecular weight is 280 g/mol. The minimum Gasteiger partial charge on any atom is -0.251 e. The van der Waals surface area contributed by atoms with E-state index in [1.165, 1.54) is 19.1 Å². The number of benzene rings is 1. The second kappa shape index (κ2) is 6.35. The third-order valence-corrected chi connectivity index (χ3v) is 3.38. The lowest BCUT2D eigenvalue weighted by atomic mass is 9.79. The van der Waals surface area contributed by atoms with Gasteiger partial charge in [-0.3, -0.25) is 4.39 Å². The Balaban J connectivity index is 2.92. The van der Waals surface area contributed by atoms with Crippen LogP contribution >= 0.6 is 0 Å². The minimum absolute atomic E-state index is 0.0521. The molecule has 0 aliphatic heterocycles. The minimum atomic E-state index is -4.39. The third kappa shape index (κ3) is 4.18. The molecule has 2 atom stereocenters. The Morgan fingerprint density at radius 2 is 1.63 bits per heavy atom. The van der Waals surface area contributed by atoms with Crippen LogP contribution in [0.1, 0.15) is 31.7 Å². The summed E-state index contributed by atoms with van der Waals surface area (Å²) in [6, 6.07) is 7.84. The number of alkyl halides is 5. The van der Waals surface area contributed by atoms with Crippen molar-refractivity contribution >= 4 is 0 Å². The Morgan fingerprint density at radius 3 is 2.05 bits per heavy atom. The molecule has 0 spiro atoms. The molecule has 1 aromatic carbocycles. The van der Waals surface area contributed by atoms with Crippen molar-refractivity contribution in [1.29, 1.82) is 0 Å². The van der Waals surface area contributed by atoms with Crippen molar-refractivity contribution in [3.05, 3.63) is 35.9 Å². The predicted molar refractivity (Wildman–Crippen MR) is 64.3 cm³/mol. The maximum Gasteiger partial charge on any atom is 0.389 e. The maximum absolute atomic E-state index is 14.9. The predicted octanol–water partition coefficient (Wildman–Crippen LogP) is 5.19. The largest absolute Gasteiger partial charge is 0.389 e. The first-order chi connectivity index (χ1) is 8.83. The molecule has 0 saturated carbocycles. The number of hydrogen-bond donors (Lipinski definition) is 0. The molecule has 0 aliphatic rings. The fraction of sp³-hybridized carbons (Fsp3) is 0.571. The molecule has 5 heteroatoms. The molecule has 0 bridgehead atoms. The molecule has 1 rings (SSSR count). The molecule has 0 saturated heterocycles. The van der Waals surface area contributed by atoms with Crippen molar-refractivity contribution in [2.45, 2.75) is 38.0 Å². The van der Waals surface area contributed by atoms with E-state index in [2.05, 4.69) is 0 Å². The summed E-state index contributed by atoms with van der Waals surface area (Å²) >= 11 is 0. The lowest BCUT2D eigenvalue weighted by molar-refractivity contribution is -0.141. The smallest absolute Gasteiger partial charge is 0.251 e. The first-order valence-corrected chi connectivity index (χ1v) is 6.20. The van der Waals surface area contributed by atoms with E-state index in [1.54, 1.807) is 18.2 Å². The monoisotopic (exact) mass is 280 g/mol. The van der Waals surface area contributed by atoms with Gasteiger partial charge in [0.05, 0.1) is 6.67 Å². The fourth-order valence-electron chi connectivity index (χ4n) is 2.21. The molecule has 0 nitrogen and oxygen atoms in total. The van der Waals surface area contributed by atoms with E-state index in [0.717, 1.165) is 0 Å². The highest BCUT2D eigenvalue weighted by Gasteiger charge is 2.41. The summed E-state index contributed by atoms with van der Waals surface area (Å²) in [7, 11) is 0. The molecule has 0 fully saturated rings. The fourth-order valence-corrected chi connectivity index (χ4v) is 2.21. The summed E-state index contributed by atoms with van der Waals surface area (Å²) in [5.41, 5.74) is -1.82. The van der Waals surface area contributed by atoms with Gasteiger partial charge in [-0.25, -0.2) is 4.39 Å². The molecular formula is C14H17F5. The third-order valence-electron chi connectivity index (χ3n) is 3.38.